The SMILES string of the molecule is CCc1ccc2nc(C)cc(C(=O)N(Cc3ccccn3)C3CC3)c2c1. The van der Waals surface area contributed by atoms with Gasteiger partial charge in [-0.05, 0) is 62.1 Å². The molecule has 0 atom stereocenters. The van der Waals surface area contributed by atoms with Crippen LogP contribution in [-0.2, 0) is 13.0 Å². The van der Waals surface area contributed by atoms with Crippen LogP contribution in [0.25, 0.3) is 10.9 Å². The molecule has 0 unspecified atom stereocenters. The van der Waals surface area contributed by atoms with Crippen LogP contribution in [-0.4, -0.2) is 26.8 Å². The van der Waals surface area contributed by atoms with Crippen molar-refractivity contribution >= 4 is 16.8 Å². The Morgan fingerprint density at radius 3 is 2.73 bits per heavy atom. The summed E-state index contributed by atoms with van der Waals surface area (Å²) in [5, 5.41) is 0.951. The first-order valence-corrected chi connectivity index (χ1v) is 9.27. The van der Waals surface area contributed by atoms with Gasteiger partial charge in [0.2, 0.25) is 0 Å². The molecule has 4 heteroatoms. The van der Waals surface area contributed by atoms with Gasteiger partial charge in [0.1, 0.15) is 0 Å². The topological polar surface area (TPSA) is 46.1 Å². The van der Waals surface area contributed by atoms with Crippen molar-refractivity contribution in [2.75, 3.05) is 0 Å². The first-order valence-electron chi connectivity index (χ1n) is 9.27. The summed E-state index contributed by atoms with van der Waals surface area (Å²) in [7, 11) is 0. The molecule has 2 aromatic heterocycles. The van der Waals surface area contributed by atoms with E-state index in [1.165, 1.54) is 5.56 Å². The molecule has 132 valence electrons. The van der Waals surface area contributed by atoms with E-state index in [4.69, 9.17) is 0 Å². The quantitative estimate of drug-likeness (QED) is 0.692. The van der Waals surface area contributed by atoms with Crippen LogP contribution in [0, 0.1) is 6.92 Å². The van der Waals surface area contributed by atoms with Gasteiger partial charge in [-0.3, -0.25) is 14.8 Å². The molecular weight excluding hydrogens is 322 g/mol. The molecule has 26 heavy (non-hydrogen) atoms. The van der Waals surface area contributed by atoms with Gasteiger partial charge >= 0.3 is 0 Å². The van der Waals surface area contributed by atoms with Crippen molar-refractivity contribution in [1.82, 2.24) is 14.9 Å². The molecular formula is C22H23N3O. The molecule has 2 heterocycles. The van der Waals surface area contributed by atoms with E-state index in [2.05, 4.69) is 29.0 Å². The highest BCUT2D eigenvalue weighted by Gasteiger charge is 2.34. The minimum atomic E-state index is 0.0851. The van der Waals surface area contributed by atoms with Gasteiger partial charge < -0.3 is 4.90 Å². The molecule has 1 fully saturated rings. The van der Waals surface area contributed by atoms with E-state index >= 15 is 0 Å². The average Bonchev–Trinajstić information content (AvgIpc) is 3.50. The van der Waals surface area contributed by atoms with Crippen LogP contribution in [0.4, 0.5) is 0 Å². The molecule has 1 saturated carbocycles. The Labute approximate surface area is 153 Å². The molecule has 4 rings (SSSR count). The van der Waals surface area contributed by atoms with Gasteiger partial charge in [-0.2, -0.15) is 0 Å². The summed E-state index contributed by atoms with van der Waals surface area (Å²) in [6.45, 7) is 4.63. The van der Waals surface area contributed by atoms with Crippen LogP contribution >= 0.6 is 0 Å². The lowest BCUT2D eigenvalue weighted by atomic mass is 10.0. The van der Waals surface area contributed by atoms with Crippen molar-refractivity contribution in [3.63, 3.8) is 0 Å². The number of carbonyl (C=O) groups excluding carboxylic acids is 1. The fraction of sp³-hybridized carbons (Fsp3) is 0.318. The molecule has 0 aliphatic heterocycles. The van der Waals surface area contributed by atoms with Crippen molar-refractivity contribution in [3.05, 3.63) is 71.2 Å². The van der Waals surface area contributed by atoms with Crippen molar-refractivity contribution in [1.29, 1.82) is 0 Å². The molecule has 1 aliphatic carbocycles. The molecule has 1 aromatic carbocycles. The zero-order chi connectivity index (χ0) is 18.1. The molecule has 0 bridgehead atoms. The maximum absolute atomic E-state index is 13.5. The van der Waals surface area contributed by atoms with Crippen molar-refractivity contribution in [3.8, 4) is 0 Å². The number of hydrogen-bond acceptors (Lipinski definition) is 3. The van der Waals surface area contributed by atoms with Gasteiger partial charge in [0, 0.05) is 23.3 Å². The number of aromatic nitrogens is 2. The fourth-order valence-electron chi connectivity index (χ4n) is 3.38. The zero-order valence-corrected chi connectivity index (χ0v) is 15.3. The van der Waals surface area contributed by atoms with Gasteiger partial charge in [0.25, 0.3) is 5.91 Å². The van der Waals surface area contributed by atoms with Gasteiger partial charge in [-0.15, -0.1) is 0 Å². The highest BCUT2D eigenvalue weighted by atomic mass is 16.2. The van der Waals surface area contributed by atoms with Crippen molar-refractivity contribution in [2.45, 2.75) is 45.7 Å². The van der Waals surface area contributed by atoms with Crippen LogP contribution in [0.15, 0.2) is 48.7 Å². The normalized spacial score (nSPS) is 13.8. The maximum Gasteiger partial charge on any atom is 0.255 e. The van der Waals surface area contributed by atoms with E-state index in [9.17, 15) is 4.79 Å². The number of amides is 1. The minimum Gasteiger partial charge on any atom is -0.330 e. The Morgan fingerprint density at radius 2 is 2.04 bits per heavy atom. The number of nitrogens with zero attached hydrogens (tertiary/aromatic N) is 3. The second-order valence-corrected chi connectivity index (χ2v) is 7.00. The minimum absolute atomic E-state index is 0.0851. The number of aryl methyl sites for hydroxylation is 2. The monoisotopic (exact) mass is 345 g/mol. The summed E-state index contributed by atoms with van der Waals surface area (Å²) in [6.07, 6.45) is 4.86. The number of fused-ring (bicyclic) bond motifs is 1. The summed E-state index contributed by atoms with van der Waals surface area (Å²) in [4.78, 5) is 24.5. The number of rotatable bonds is 5. The summed E-state index contributed by atoms with van der Waals surface area (Å²) in [6, 6.07) is 14.3. The van der Waals surface area contributed by atoms with Crippen molar-refractivity contribution in [2.24, 2.45) is 0 Å². The predicted octanol–water partition coefficient (Wildman–Crippen LogP) is 4.31. The Morgan fingerprint density at radius 1 is 1.19 bits per heavy atom. The summed E-state index contributed by atoms with van der Waals surface area (Å²) < 4.78 is 0. The van der Waals surface area contributed by atoms with Crippen LogP contribution in [0.3, 0.4) is 0 Å². The van der Waals surface area contributed by atoms with E-state index in [0.29, 0.717) is 12.6 Å². The second-order valence-electron chi connectivity index (χ2n) is 7.00. The summed E-state index contributed by atoms with van der Waals surface area (Å²) in [5.41, 5.74) is 4.67. The Hall–Kier alpha value is -2.75. The van der Waals surface area contributed by atoms with Crippen LogP contribution in [0.1, 0.15) is 47.1 Å². The number of hydrogen-bond donors (Lipinski definition) is 0. The van der Waals surface area contributed by atoms with Crippen molar-refractivity contribution < 1.29 is 4.79 Å². The second kappa shape index (κ2) is 6.87. The Kier molecular flexibility index (Phi) is 4.41. The largest absolute Gasteiger partial charge is 0.330 e. The third-order valence-corrected chi connectivity index (χ3v) is 4.95. The van der Waals surface area contributed by atoms with Crippen LogP contribution in [0.5, 0.6) is 0 Å². The lowest BCUT2D eigenvalue weighted by Gasteiger charge is -2.23. The van der Waals surface area contributed by atoms with Crippen LogP contribution in [0.2, 0.25) is 0 Å². The molecule has 0 saturated heterocycles. The molecule has 1 amide bonds. The Balaban J connectivity index is 1.75. The van der Waals surface area contributed by atoms with E-state index in [-0.39, 0.29) is 5.91 Å². The molecule has 0 N–H and O–H groups in total. The lowest BCUT2D eigenvalue weighted by molar-refractivity contribution is 0.0729. The fourth-order valence-corrected chi connectivity index (χ4v) is 3.38. The first kappa shape index (κ1) is 16.7. The van der Waals surface area contributed by atoms with Gasteiger partial charge in [-0.25, -0.2) is 0 Å². The van der Waals surface area contributed by atoms with E-state index in [0.717, 1.165) is 47.1 Å². The number of carbonyl (C=O) groups is 1. The van der Waals surface area contributed by atoms with Gasteiger partial charge in [0.15, 0.2) is 0 Å². The zero-order valence-electron chi connectivity index (χ0n) is 15.3. The third kappa shape index (κ3) is 3.32. The molecule has 4 nitrogen and oxygen atoms in total. The lowest BCUT2D eigenvalue weighted by Crippen LogP contribution is -2.33. The standard InChI is InChI=1S/C22H23N3O/c1-3-16-7-10-21-19(13-16)20(12-15(2)24-21)22(26)25(18-8-9-18)14-17-6-4-5-11-23-17/h4-7,10-13,18H,3,8-9,14H2,1-2H3. The summed E-state index contributed by atoms with van der Waals surface area (Å²) >= 11 is 0. The molecule has 0 radical (unpaired) electrons. The Bertz CT molecular complexity index is 948. The summed E-state index contributed by atoms with van der Waals surface area (Å²) in [5.74, 6) is 0.0851. The van der Waals surface area contributed by atoms with E-state index < -0.39 is 0 Å². The highest BCUT2D eigenvalue weighted by Crippen LogP contribution is 2.31. The molecule has 1 aliphatic rings. The van der Waals surface area contributed by atoms with Gasteiger partial charge in [-0.1, -0.05) is 19.1 Å². The molecule has 0 spiro atoms. The maximum atomic E-state index is 13.5. The predicted molar refractivity (Wildman–Crippen MR) is 103 cm³/mol. The average molecular weight is 345 g/mol. The van der Waals surface area contributed by atoms with E-state index in [1.54, 1.807) is 6.20 Å². The number of pyridine rings is 2. The van der Waals surface area contributed by atoms with Gasteiger partial charge in [0.05, 0.1) is 23.3 Å². The number of benzene rings is 1. The van der Waals surface area contributed by atoms with Crippen LogP contribution < -0.4 is 0 Å². The highest BCUT2D eigenvalue weighted by molar-refractivity contribution is 6.06. The smallest absolute Gasteiger partial charge is 0.255 e. The van der Waals surface area contributed by atoms with E-state index in [1.807, 2.05) is 42.2 Å². The molecule has 3 aromatic rings. The third-order valence-electron chi connectivity index (χ3n) is 4.95. The first-order chi connectivity index (χ1) is 12.7.